The maximum absolute atomic E-state index is 13.0. The summed E-state index contributed by atoms with van der Waals surface area (Å²) in [6.45, 7) is -0.935. The van der Waals surface area contributed by atoms with Gasteiger partial charge in [0.2, 0.25) is 5.91 Å². The molecular weight excluding hydrogens is 363 g/mol. The van der Waals surface area contributed by atoms with E-state index in [2.05, 4.69) is 0 Å². The number of nitrogens with zero attached hydrogens (tertiary/aromatic N) is 1. The number of carboxylic acid groups (broad SMARTS) is 1. The highest BCUT2D eigenvalue weighted by Gasteiger charge is 2.53. The number of carboxylic acids is 1. The zero-order valence-electron chi connectivity index (χ0n) is 15.2. The number of unbranched alkanes of at least 4 members (excludes halogenated alkanes) is 2. The smallest absolute Gasteiger partial charge is 0.394 e. The van der Waals surface area contributed by atoms with Crippen LogP contribution in [0.4, 0.5) is 13.2 Å². The zero-order chi connectivity index (χ0) is 20.0. The third kappa shape index (κ3) is 5.87. The van der Waals surface area contributed by atoms with E-state index in [0.717, 1.165) is 35.5 Å². The normalized spacial score (nSPS) is 19.9. The maximum Gasteiger partial charge on any atom is 0.394 e. The van der Waals surface area contributed by atoms with Gasteiger partial charge >= 0.3 is 12.1 Å². The summed E-state index contributed by atoms with van der Waals surface area (Å²) >= 11 is 0. The number of alkyl halides is 3. The number of carbonyl (C=O) groups excluding carboxylic acids is 1. The molecule has 1 amide bonds. The van der Waals surface area contributed by atoms with Gasteiger partial charge in [-0.1, -0.05) is 18.6 Å². The first-order valence-electron chi connectivity index (χ1n) is 8.92. The molecule has 1 aliphatic rings. The molecular formula is C19H24F3NO4. The second kappa shape index (κ2) is 9.10. The minimum Gasteiger partial charge on any atom is -0.497 e. The standard InChI is InChI=1S/C19H24F3NO4/c1-27-14-9-7-13(8-10-14)5-3-2-4-6-17(24)23-11-15(18(25)26)16(12-23)19(20,21)22/h7-10,15-16H,2-6,11-12H2,1H3,(H,25,26)/t15-,16-/m1/s1. The molecule has 1 fully saturated rings. The summed E-state index contributed by atoms with van der Waals surface area (Å²) in [7, 11) is 1.60. The van der Waals surface area contributed by atoms with E-state index in [9.17, 15) is 22.8 Å². The number of hydrogen-bond acceptors (Lipinski definition) is 3. The number of methoxy groups -OCH3 is 1. The Balaban J connectivity index is 1.73. The largest absolute Gasteiger partial charge is 0.497 e. The minimum atomic E-state index is -4.61. The number of ether oxygens (including phenoxy) is 1. The van der Waals surface area contributed by atoms with Crippen molar-refractivity contribution in [3.63, 3.8) is 0 Å². The molecule has 2 atom stereocenters. The van der Waals surface area contributed by atoms with Gasteiger partial charge in [0.15, 0.2) is 0 Å². The number of rotatable bonds is 8. The molecule has 1 aliphatic heterocycles. The van der Waals surface area contributed by atoms with Crippen molar-refractivity contribution in [3.8, 4) is 5.75 Å². The highest BCUT2D eigenvalue weighted by Crippen LogP contribution is 2.38. The fourth-order valence-corrected chi connectivity index (χ4v) is 3.32. The molecule has 1 saturated heterocycles. The van der Waals surface area contributed by atoms with Crippen LogP contribution in [0, 0.1) is 11.8 Å². The van der Waals surface area contributed by atoms with Gasteiger partial charge in [0, 0.05) is 19.5 Å². The van der Waals surface area contributed by atoms with Crippen LogP contribution in [0.5, 0.6) is 5.75 Å². The lowest BCUT2D eigenvalue weighted by Crippen LogP contribution is -2.34. The Hall–Kier alpha value is -2.25. The molecule has 0 spiro atoms. The van der Waals surface area contributed by atoms with Crippen molar-refractivity contribution >= 4 is 11.9 Å². The van der Waals surface area contributed by atoms with E-state index < -0.39 is 36.4 Å². The Morgan fingerprint density at radius 2 is 1.81 bits per heavy atom. The predicted octanol–water partition coefficient (Wildman–Crippen LogP) is 3.52. The van der Waals surface area contributed by atoms with Crippen LogP contribution >= 0.6 is 0 Å². The molecule has 5 nitrogen and oxygen atoms in total. The van der Waals surface area contributed by atoms with Gasteiger partial charge in [-0.2, -0.15) is 13.2 Å². The zero-order valence-corrected chi connectivity index (χ0v) is 15.2. The number of likely N-dealkylation sites (tertiary alicyclic amines) is 1. The van der Waals surface area contributed by atoms with Gasteiger partial charge in [0.1, 0.15) is 5.75 Å². The number of carbonyl (C=O) groups is 2. The molecule has 0 unspecified atom stereocenters. The number of hydrogen-bond donors (Lipinski definition) is 1. The first kappa shape index (κ1) is 21.1. The second-order valence-corrected chi connectivity index (χ2v) is 6.80. The van der Waals surface area contributed by atoms with Crippen LogP contribution in [0.15, 0.2) is 24.3 Å². The molecule has 1 aromatic rings. The number of halogens is 3. The van der Waals surface area contributed by atoms with Gasteiger partial charge in [0.05, 0.1) is 18.9 Å². The van der Waals surface area contributed by atoms with E-state index in [1.54, 1.807) is 7.11 Å². The molecule has 0 saturated carbocycles. The fourth-order valence-electron chi connectivity index (χ4n) is 3.32. The fraction of sp³-hybridized carbons (Fsp3) is 0.579. The van der Waals surface area contributed by atoms with E-state index in [1.807, 2.05) is 24.3 Å². The van der Waals surface area contributed by atoms with Crippen LogP contribution in [-0.2, 0) is 16.0 Å². The van der Waals surface area contributed by atoms with Crippen LogP contribution in [0.3, 0.4) is 0 Å². The molecule has 8 heteroatoms. The van der Waals surface area contributed by atoms with Crippen LogP contribution < -0.4 is 4.74 Å². The van der Waals surface area contributed by atoms with Crippen molar-refractivity contribution in [3.05, 3.63) is 29.8 Å². The molecule has 0 radical (unpaired) electrons. The highest BCUT2D eigenvalue weighted by atomic mass is 19.4. The molecule has 2 rings (SSSR count). The Morgan fingerprint density at radius 3 is 2.33 bits per heavy atom. The number of benzene rings is 1. The van der Waals surface area contributed by atoms with Crippen molar-refractivity contribution in [2.45, 2.75) is 38.3 Å². The summed E-state index contributed by atoms with van der Waals surface area (Å²) in [5.74, 6) is -4.70. The Kier molecular flexibility index (Phi) is 7.10. The highest BCUT2D eigenvalue weighted by molar-refractivity contribution is 5.79. The molecule has 1 heterocycles. The summed E-state index contributed by atoms with van der Waals surface area (Å²) in [6.07, 6.45) is -1.42. The Bertz CT molecular complexity index is 645. The third-order valence-electron chi connectivity index (χ3n) is 4.93. The van der Waals surface area contributed by atoms with Gasteiger partial charge in [-0.15, -0.1) is 0 Å². The molecule has 1 aromatic carbocycles. The second-order valence-electron chi connectivity index (χ2n) is 6.80. The molecule has 0 aliphatic carbocycles. The Morgan fingerprint density at radius 1 is 1.15 bits per heavy atom. The van der Waals surface area contributed by atoms with Crippen molar-refractivity contribution in [1.82, 2.24) is 4.90 Å². The molecule has 150 valence electrons. The molecule has 1 N–H and O–H groups in total. The van der Waals surface area contributed by atoms with Crippen molar-refractivity contribution in [2.24, 2.45) is 11.8 Å². The minimum absolute atomic E-state index is 0.138. The van der Waals surface area contributed by atoms with Crippen LogP contribution in [0.1, 0.15) is 31.2 Å². The van der Waals surface area contributed by atoms with Crippen LogP contribution in [-0.4, -0.2) is 48.3 Å². The summed E-state index contributed by atoms with van der Waals surface area (Å²) in [6, 6.07) is 7.69. The van der Waals surface area contributed by atoms with E-state index in [4.69, 9.17) is 9.84 Å². The molecule has 27 heavy (non-hydrogen) atoms. The number of aryl methyl sites for hydroxylation is 1. The molecule has 0 bridgehead atoms. The number of aliphatic carboxylic acids is 1. The first-order valence-corrected chi connectivity index (χ1v) is 8.92. The summed E-state index contributed by atoms with van der Waals surface area (Å²) in [4.78, 5) is 24.2. The van der Waals surface area contributed by atoms with E-state index in [1.165, 1.54) is 0 Å². The van der Waals surface area contributed by atoms with E-state index >= 15 is 0 Å². The van der Waals surface area contributed by atoms with Gasteiger partial charge < -0.3 is 14.7 Å². The maximum atomic E-state index is 13.0. The number of amides is 1. The monoisotopic (exact) mass is 387 g/mol. The summed E-state index contributed by atoms with van der Waals surface area (Å²) < 4.78 is 44.0. The van der Waals surface area contributed by atoms with Crippen molar-refractivity contribution < 1.29 is 32.6 Å². The lowest BCUT2D eigenvalue weighted by Gasteiger charge is -2.18. The Labute approximate surface area is 156 Å². The van der Waals surface area contributed by atoms with Gasteiger partial charge in [-0.3, -0.25) is 9.59 Å². The third-order valence-corrected chi connectivity index (χ3v) is 4.93. The average Bonchev–Trinajstić information content (AvgIpc) is 3.08. The molecule has 0 aromatic heterocycles. The van der Waals surface area contributed by atoms with E-state index in [0.29, 0.717) is 6.42 Å². The quantitative estimate of drug-likeness (QED) is 0.693. The lowest BCUT2D eigenvalue weighted by atomic mass is 9.96. The van der Waals surface area contributed by atoms with Crippen LogP contribution in [0.25, 0.3) is 0 Å². The average molecular weight is 387 g/mol. The van der Waals surface area contributed by atoms with Crippen LogP contribution in [0.2, 0.25) is 0 Å². The van der Waals surface area contributed by atoms with Gasteiger partial charge in [-0.25, -0.2) is 0 Å². The first-order chi connectivity index (χ1) is 12.7. The summed E-state index contributed by atoms with van der Waals surface area (Å²) in [5.41, 5.74) is 1.15. The van der Waals surface area contributed by atoms with Gasteiger partial charge in [-0.05, 0) is 37.0 Å². The van der Waals surface area contributed by atoms with Crippen molar-refractivity contribution in [1.29, 1.82) is 0 Å². The van der Waals surface area contributed by atoms with E-state index in [-0.39, 0.29) is 13.0 Å². The summed E-state index contributed by atoms with van der Waals surface area (Å²) in [5, 5.41) is 8.99. The lowest BCUT2D eigenvalue weighted by molar-refractivity contribution is -0.188. The van der Waals surface area contributed by atoms with Gasteiger partial charge in [0.25, 0.3) is 0 Å². The topological polar surface area (TPSA) is 66.8 Å². The SMILES string of the molecule is COc1ccc(CCCCCC(=O)N2C[C@@H](C(F)(F)F)[C@H](C(=O)O)C2)cc1. The predicted molar refractivity (Wildman–Crippen MR) is 92.4 cm³/mol. The van der Waals surface area contributed by atoms with Crippen molar-refractivity contribution in [2.75, 3.05) is 20.2 Å².